The van der Waals surface area contributed by atoms with Crippen molar-refractivity contribution in [1.29, 1.82) is 0 Å². The van der Waals surface area contributed by atoms with Gasteiger partial charge in [0.1, 0.15) is 0 Å². The van der Waals surface area contributed by atoms with Crippen LogP contribution in [0.25, 0.3) is 0 Å². The molecule has 0 bridgehead atoms. The van der Waals surface area contributed by atoms with Crippen molar-refractivity contribution in [3.8, 4) is 11.5 Å². The summed E-state index contributed by atoms with van der Waals surface area (Å²) < 4.78 is 10.5. The van der Waals surface area contributed by atoms with Crippen LogP contribution >= 0.6 is 0 Å². The Bertz CT molecular complexity index is 611. The number of nitrogens with two attached hydrogens (primary N) is 1. The fraction of sp³-hybridized carbons (Fsp3) is 0.235. The largest absolute Gasteiger partial charge is 0.493 e. The maximum Gasteiger partial charge on any atom is 0.171 e. The maximum absolute atomic E-state index is 12.6. The van der Waals surface area contributed by atoms with E-state index in [4.69, 9.17) is 15.2 Å². The lowest BCUT2D eigenvalue weighted by Gasteiger charge is -2.16. The van der Waals surface area contributed by atoms with Crippen LogP contribution in [0.2, 0.25) is 0 Å². The molecule has 0 spiro atoms. The third-order valence-electron chi connectivity index (χ3n) is 3.42. The minimum Gasteiger partial charge on any atom is -0.493 e. The number of hydrogen-bond donors (Lipinski definition) is 1. The van der Waals surface area contributed by atoms with Gasteiger partial charge in [-0.2, -0.15) is 0 Å². The molecule has 0 aliphatic carbocycles. The van der Waals surface area contributed by atoms with Gasteiger partial charge in [0.15, 0.2) is 17.3 Å². The van der Waals surface area contributed by atoms with Gasteiger partial charge in [0.25, 0.3) is 0 Å². The smallest absolute Gasteiger partial charge is 0.171 e. The quantitative estimate of drug-likeness (QED) is 0.829. The van der Waals surface area contributed by atoms with Crippen molar-refractivity contribution in [2.45, 2.75) is 5.92 Å². The number of ketones is 1. The van der Waals surface area contributed by atoms with Gasteiger partial charge in [-0.15, -0.1) is 0 Å². The Kier molecular flexibility index (Phi) is 4.95. The van der Waals surface area contributed by atoms with E-state index in [-0.39, 0.29) is 12.3 Å². The van der Waals surface area contributed by atoms with Crippen LogP contribution in [-0.4, -0.2) is 26.5 Å². The summed E-state index contributed by atoms with van der Waals surface area (Å²) in [5, 5.41) is 0. The summed E-state index contributed by atoms with van der Waals surface area (Å²) in [4.78, 5) is 12.6. The van der Waals surface area contributed by atoms with Gasteiger partial charge in [0.2, 0.25) is 0 Å². The lowest BCUT2D eigenvalue weighted by molar-refractivity contribution is 0.0962. The normalized spacial score (nSPS) is 11.8. The molecule has 2 aromatic carbocycles. The molecule has 0 fully saturated rings. The minimum absolute atomic E-state index is 0.00493. The molecular weight excluding hydrogens is 266 g/mol. The highest BCUT2D eigenvalue weighted by Crippen LogP contribution is 2.31. The van der Waals surface area contributed by atoms with Gasteiger partial charge in [-0.3, -0.25) is 4.79 Å². The molecule has 0 heterocycles. The Balaban J connectivity index is 2.35. The number of carbonyl (C=O) groups is 1. The lowest BCUT2D eigenvalue weighted by atomic mass is 9.90. The van der Waals surface area contributed by atoms with Gasteiger partial charge in [0, 0.05) is 12.1 Å². The van der Waals surface area contributed by atoms with Crippen LogP contribution in [0.15, 0.2) is 48.5 Å². The number of benzene rings is 2. The van der Waals surface area contributed by atoms with Crippen molar-refractivity contribution < 1.29 is 14.3 Å². The Labute approximate surface area is 124 Å². The molecule has 4 nitrogen and oxygen atoms in total. The van der Waals surface area contributed by atoms with E-state index in [9.17, 15) is 4.79 Å². The summed E-state index contributed by atoms with van der Waals surface area (Å²) in [7, 11) is 3.14. The van der Waals surface area contributed by atoms with Crippen molar-refractivity contribution in [3.63, 3.8) is 0 Å². The standard InChI is InChI=1S/C17H19NO3/c1-20-15-9-8-13(10-16(15)21-2)14(11-18)17(19)12-6-4-3-5-7-12/h3-10,14H,11,18H2,1-2H3. The molecule has 0 amide bonds. The number of rotatable bonds is 6. The van der Waals surface area contributed by atoms with Gasteiger partial charge < -0.3 is 15.2 Å². The molecule has 0 aromatic heterocycles. The molecule has 2 N–H and O–H groups in total. The summed E-state index contributed by atoms with van der Waals surface area (Å²) in [6.45, 7) is 0.239. The highest BCUT2D eigenvalue weighted by molar-refractivity contribution is 6.01. The van der Waals surface area contributed by atoms with Crippen LogP contribution in [0, 0.1) is 0 Å². The van der Waals surface area contributed by atoms with E-state index in [1.54, 1.807) is 38.5 Å². The second-order valence-electron chi connectivity index (χ2n) is 4.63. The van der Waals surface area contributed by atoms with Gasteiger partial charge in [-0.1, -0.05) is 36.4 Å². The monoisotopic (exact) mass is 285 g/mol. The molecule has 1 atom stereocenters. The Hall–Kier alpha value is -2.33. The third-order valence-corrected chi connectivity index (χ3v) is 3.42. The molecule has 110 valence electrons. The molecule has 2 aromatic rings. The first kappa shape index (κ1) is 15.1. The zero-order valence-corrected chi connectivity index (χ0v) is 12.2. The average Bonchev–Trinajstić information content (AvgIpc) is 2.56. The van der Waals surface area contributed by atoms with E-state index in [0.717, 1.165) is 5.56 Å². The van der Waals surface area contributed by atoms with Crippen LogP contribution in [-0.2, 0) is 0 Å². The van der Waals surface area contributed by atoms with Gasteiger partial charge in [0.05, 0.1) is 20.1 Å². The molecule has 21 heavy (non-hydrogen) atoms. The maximum atomic E-state index is 12.6. The first-order valence-electron chi connectivity index (χ1n) is 6.72. The summed E-state index contributed by atoms with van der Waals surface area (Å²) in [6.07, 6.45) is 0. The zero-order chi connectivity index (χ0) is 15.2. The van der Waals surface area contributed by atoms with Crippen LogP contribution in [0.4, 0.5) is 0 Å². The summed E-state index contributed by atoms with van der Waals surface area (Å²) in [5.41, 5.74) is 7.29. The summed E-state index contributed by atoms with van der Waals surface area (Å²) in [6, 6.07) is 14.6. The molecule has 0 saturated heterocycles. The van der Waals surface area contributed by atoms with Crippen LogP contribution in [0.1, 0.15) is 21.8 Å². The van der Waals surface area contributed by atoms with Crippen molar-refractivity contribution in [3.05, 3.63) is 59.7 Å². The molecule has 0 saturated carbocycles. The number of ether oxygens (including phenoxy) is 2. The predicted molar refractivity (Wildman–Crippen MR) is 82.1 cm³/mol. The van der Waals surface area contributed by atoms with Crippen LogP contribution < -0.4 is 15.2 Å². The predicted octanol–water partition coefficient (Wildman–Crippen LogP) is 2.63. The highest BCUT2D eigenvalue weighted by Gasteiger charge is 2.21. The molecule has 1 unspecified atom stereocenters. The number of methoxy groups -OCH3 is 2. The van der Waals surface area contributed by atoms with E-state index in [1.165, 1.54) is 0 Å². The molecule has 4 heteroatoms. The van der Waals surface area contributed by atoms with E-state index < -0.39 is 5.92 Å². The first-order chi connectivity index (χ1) is 10.2. The van der Waals surface area contributed by atoms with E-state index in [1.807, 2.05) is 24.3 Å². The van der Waals surface area contributed by atoms with E-state index >= 15 is 0 Å². The first-order valence-corrected chi connectivity index (χ1v) is 6.72. The lowest BCUT2D eigenvalue weighted by Crippen LogP contribution is -2.22. The second-order valence-corrected chi connectivity index (χ2v) is 4.63. The zero-order valence-electron chi connectivity index (χ0n) is 12.2. The van der Waals surface area contributed by atoms with Gasteiger partial charge in [-0.25, -0.2) is 0 Å². The van der Waals surface area contributed by atoms with Crippen molar-refractivity contribution >= 4 is 5.78 Å². The average molecular weight is 285 g/mol. The number of hydrogen-bond acceptors (Lipinski definition) is 4. The summed E-state index contributed by atoms with van der Waals surface area (Å²) in [5.74, 6) is 0.830. The van der Waals surface area contributed by atoms with E-state index in [2.05, 4.69) is 0 Å². The summed E-state index contributed by atoms with van der Waals surface area (Å²) >= 11 is 0. The van der Waals surface area contributed by atoms with Crippen LogP contribution in [0.5, 0.6) is 11.5 Å². The number of carbonyl (C=O) groups excluding carboxylic acids is 1. The molecular formula is C17H19NO3. The SMILES string of the molecule is COc1ccc(C(CN)C(=O)c2ccccc2)cc1OC. The van der Waals surface area contributed by atoms with Gasteiger partial charge >= 0.3 is 0 Å². The fourth-order valence-corrected chi connectivity index (χ4v) is 2.27. The number of Topliss-reactive ketones (excluding diaryl/α,β-unsaturated/α-hetero) is 1. The Morgan fingerprint density at radius 1 is 1.05 bits per heavy atom. The van der Waals surface area contributed by atoms with E-state index in [0.29, 0.717) is 17.1 Å². The molecule has 2 rings (SSSR count). The molecule has 0 radical (unpaired) electrons. The van der Waals surface area contributed by atoms with Crippen molar-refractivity contribution in [2.75, 3.05) is 20.8 Å². The van der Waals surface area contributed by atoms with Gasteiger partial charge in [-0.05, 0) is 17.7 Å². The Morgan fingerprint density at radius 3 is 2.29 bits per heavy atom. The van der Waals surface area contributed by atoms with Crippen molar-refractivity contribution in [1.82, 2.24) is 0 Å². The molecule has 0 aliphatic heterocycles. The topological polar surface area (TPSA) is 61.5 Å². The van der Waals surface area contributed by atoms with Crippen molar-refractivity contribution in [2.24, 2.45) is 5.73 Å². The minimum atomic E-state index is -0.396. The van der Waals surface area contributed by atoms with Crippen LogP contribution in [0.3, 0.4) is 0 Å². The third kappa shape index (κ3) is 3.23. The molecule has 0 aliphatic rings. The fourth-order valence-electron chi connectivity index (χ4n) is 2.27. The highest BCUT2D eigenvalue weighted by atomic mass is 16.5. The Morgan fingerprint density at radius 2 is 1.71 bits per heavy atom. The second kappa shape index (κ2) is 6.90.